The molecule has 0 aliphatic carbocycles. The van der Waals surface area contributed by atoms with Gasteiger partial charge in [0.05, 0.1) is 5.39 Å². The number of hydrogen-bond donors (Lipinski definition) is 2. The molecule has 0 bridgehead atoms. The maximum atomic E-state index is 12.8. The number of amides is 1. The molecule has 1 amide bonds. The number of anilines is 1. The van der Waals surface area contributed by atoms with Crippen LogP contribution >= 0.6 is 0 Å². The van der Waals surface area contributed by atoms with Crippen LogP contribution in [0.5, 0.6) is 0 Å². The number of aromatic nitrogens is 3. The highest BCUT2D eigenvalue weighted by Gasteiger charge is 2.24. The van der Waals surface area contributed by atoms with Crippen molar-refractivity contribution in [3.63, 3.8) is 0 Å². The molecule has 2 aromatic heterocycles. The van der Waals surface area contributed by atoms with E-state index >= 15 is 0 Å². The van der Waals surface area contributed by atoms with E-state index in [1.54, 1.807) is 4.68 Å². The van der Waals surface area contributed by atoms with Gasteiger partial charge in [0.25, 0.3) is 5.91 Å². The molecule has 0 unspecified atom stereocenters. The molecule has 0 saturated carbocycles. The molecule has 2 aliphatic heterocycles. The van der Waals surface area contributed by atoms with Crippen LogP contribution in [0.3, 0.4) is 0 Å². The van der Waals surface area contributed by atoms with E-state index in [9.17, 15) is 4.79 Å². The number of rotatable bonds is 3. The number of nitrogens with one attached hydrogen (secondary N) is 2. The fourth-order valence-corrected chi connectivity index (χ4v) is 4.28. The van der Waals surface area contributed by atoms with E-state index in [2.05, 4.69) is 27.6 Å². The summed E-state index contributed by atoms with van der Waals surface area (Å²) in [5.74, 6) is 0.899. The number of carbonyl (C=O) groups is 1. The Morgan fingerprint density at radius 1 is 1.22 bits per heavy atom. The Hall–Kier alpha value is -2.15. The van der Waals surface area contributed by atoms with Crippen LogP contribution in [0.2, 0.25) is 0 Å². The van der Waals surface area contributed by atoms with Crippen LogP contribution in [0.25, 0.3) is 11.0 Å². The maximum Gasteiger partial charge on any atom is 0.272 e. The summed E-state index contributed by atoms with van der Waals surface area (Å²) in [6.45, 7) is 5.20. The summed E-state index contributed by atoms with van der Waals surface area (Å²) in [4.78, 5) is 20.0. The third kappa shape index (κ3) is 3.93. The van der Waals surface area contributed by atoms with E-state index in [-0.39, 0.29) is 11.9 Å². The molecule has 0 spiro atoms. The van der Waals surface area contributed by atoms with E-state index < -0.39 is 0 Å². The minimum atomic E-state index is -0.0935. The van der Waals surface area contributed by atoms with E-state index in [0.29, 0.717) is 11.7 Å². The first-order valence-electron chi connectivity index (χ1n) is 10.2. The van der Waals surface area contributed by atoms with Crippen molar-refractivity contribution in [2.24, 2.45) is 7.05 Å². The summed E-state index contributed by atoms with van der Waals surface area (Å²) in [6.07, 6.45) is 6.93. The average molecular weight is 371 g/mol. The molecule has 0 aromatic carbocycles. The third-order valence-electron chi connectivity index (χ3n) is 5.78. The smallest absolute Gasteiger partial charge is 0.272 e. The van der Waals surface area contributed by atoms with E-state index in [0.717, 1.165) is 49.3 Å². The quantitative estimate of drug-likeness (QED) is 0.867. The van der Waals surface area contributed by atoms with Crippen molar-refractivity contribution in [3.8, 4) is 0 Å². The molecule has 4 rings (SSSR count). The van der Waals surface area contributed by atoms with Crippen LogP contribution in [0.1, 0.15) is 55.9 Å². The molecular formula is C20H30N6O. The van der Waals surface area contributed by atoms with Crippen molar-refractivity contribution in [1.82, 2.24) is 25.4 Å². The zero-order valence-electron chi connectivity index (χ0n) is 16.4. The highest BCUT2D eigenvalue weighted by atomic mass is 16.2. The zero-order valence-corrected chi connectivity index (χ0v) is 16.4. The Morgan fingerprint density at radius 2 is 2.00 bits per heavy atom. The van der Waals surface area contributed by atoms with Gasteiger partial charge in [-0.25, -0.2) is 9.67 Å². The van der Waals surface area contributed by atoms with E-state index in [1.807, 2.05) is 19.2 Å². The van der Waals surface area contributed by atoms with Gasteiger partial charge in [0.1, 0.15) is 5.82 Å². The van der Waals surface area contributed by atoms with Gasteiger partial charge in [0.15, 0.2) is 11.3 Å². The average Bonchev–Trinajstić information content (AvgIpc) is 2.84. The minimum Gasteiger partial charge on any atom is -0.357 e. The van der Waals surface area contributed by atoms with Crippen LogP contribution in [0, 0.1) is 0 Å². The summed E-state index contributed by atoms with van der Waals surface area (Å²) >= 11 is 0. The largest absolute Gasteiger partial charge is 0.357 e. The second-order valence-electron chi connectivity index (χ2n) is 7.96. The normalized spacial score (nSPS) is 24.0. The van der Waals surface area contributed by atoms with Gasteiger partial charge in [-0.1, -0.05) is 12.8 Å². The fraction of sp³-hybridized carbons (Fsp3) is 0.650. The Balaban J connectivity index is 1.56. The lowest BCUT2D eigenvalue weighted by molar-refractivity contribution is 0.0921. The first kappa shape index (κ1) is 18.2. The van der Waals surface area contributed by atoms with Gasteiger partial charge in [-0.15, -0.1) is 0 Å². The summed E-state index contributed by atoms with van der Waals surface area (Å²) in [5.41, 5.74) is 1.26. The molecular weight excluding hydrogens is 340 g/mol. The SMILES string of the molecule is C[C@H]1C[C@@H](NC(=O)c2nn(C)c3nc(N4CCCCCC4)ccc23)CCN1. The molecule has 2 N–H and O–H groups in total. The second kappa shape index (κ2) is 7.84. The monoisotopic (exact) mass is 370 g/mol. The van der Waals surface area contributed by atoms with Crippen molar-refractivity contribution in [2.45, 2.75) is 57.5 Å². The fourth-order valence-electron chi connectivity index (χ4n) is 4.28. The Labute approximate surface area is 160 Å². The minimum absolute atomic E-state index is 0.0935. The van der Waals surface area contributed by atoms with Crippen LogP contribution in [0.15, 0.2) is 12.1 Å². The van der Waals surface area contributed by atoms with Crippen molar-refractivity contribution in [2.75, 3.05) is 24.5 Å². The number of pyridine rings is 1. The molecule has 2 aromatic rings. The van der Waals surface area contributed by atoms with Crippen molar-refractivity contribution >= 4 is 22.8 Å². The van der Waals surface area contributed by atoms with Gasteiger partial charge >= 0.3 is 0 Å². The number of carbonyl (C=O) groups excluding carboxylic acids is 1. The number of nitrogens with zero attached hydrogens (tertiary/aromatic N) is 4. The molecule has 2 saturated heterocycles. The molecule has 7 nitrogen and oxygen atoms in total. The van der Waals surface area contributed by atoms with Gasteiger partial charge in [-0.3, -0.25) is 4.79 Å². The Kier molecular flexibility index (Phi) is 5.29. The predicted octanol–water partition coefficient (Wildman–Crippen LogP) is 2.22. The molecule has 0 radical (unpaired) electrons. The predicted molar refractivity (Wildman–Crippen MR) is 107 cm³/mol. The van der Waals surface area contributed by atoms with Gasteiger partial charge in [-0.05, 0) is 51.3 Å². The van der Waals surface area contributed by atoms with E-state index in [1.165, 1.54) is 25.7 Å². The first-order valence-corrected chi connectivity index (χ1v) is 10.2. The standard InChI is InChI=1S/C20H30N6O/c1-14-13-15(9-10-21-14)22-20(27)18-16-7-8-17(23-19(16)25(2)24-18)26-11-5-3-4-6-12-26/h7-8,14-15,21H,3-6,9-13H2,1-2H3,(H,22,27)/t14-,15-/m0/s1. The Bertz CT molecular complexity index is 808. The number of hydrogen-bond acceptors (Lipinski definition) is 5. The van der Waals surface area contributed by atoms with E-state index in [4.69, 9.17) is 4.98 Å². The lowest BCUT2D eigenvalue weighted by Gasteiger charge is -2.28. The molecule has 2 aliphatic rings. The third-order valence-corrected chi connectivity index (χ3v) is 5.78. The second-order valence-corrected chi connectivity index (χ2v) is 7.96. The van der Waals surface area contributed by atoms with Crippen LogP contribution < -0.4 is 15.5 Å². The van der Waals surface area contributed by atoms with Gasteiger partial charge in [0, 0.05) is 32.2 Å². The zero-order chi connectivity index (χ0) is 18.8. The molecule has 27 heavy (non-hydrogen) atoms. The lowest BCUT2D eigenvalue weighted by Crippen LogP contribution is -2.46. The number of fused-ring (bicyclic) bond motifs is 1. The topological polar surface area (TPSA) is 75.1 Å². The van der Waals surface area contributed by atoms with Crippen molar-refractivity contribution in [1.29, 1.82) is 0 Å². The van der Waals surface area contributed by atoms with Gasteiger partial charge in [-0.2, -0.15) is 5.10 Å². The lowest BCUT2D eigenvalue weighted by atomic mass is 10.0. The Morgan fingerprint density at radius 3 is 2.74 bits per heavy atom. The van der Waals surface area contributed by atoms with Gasteiger partial charge < -0.3 is 15.5 Å². The van der Waals surface area contributed by atoms with Crippen molar-refractivity contribution in [3.05, 3.63) is 17.8 Å². The molecule has 146 valence electrons. The van der Waals surface area contributed by atoms with Crippen molar-refractivity contribution < 1.29 is 4.79 Å². The molecule has 2 fully saturated rings. The number of piperidine rings is 1. The highest BCUT2D eigenvalue weighted by molar-refractivity contribution is 6.04. The summed E-state index contributed by atoms with van der Waals surface area (Å²) < 4.78 is 1.73. The number of aryl methyl sites for hydroxylation is 1. The van der Waals surface area contributed by atoms with Crippen LogP contribution in [0.4, 0.5) is 5.82 Å². The summed E-state index contributed by atoms with van der Waals surface area (Å²) in [6, 6.07) is 4.69. The highest BCUT2D eigenvalue weighted by Crippen LogP contribution is 2.23. The van der Waals surface area contributed by atoms with Crippen LogP contribution in [-0.4, -0.2) is 52.4 Å². The maximum absolute atomic E-state index is 12.8. The van der Waals surface area contributed by atoms with Crippen LogP contribution in [-0.2, 0) is 7.05 Å². The van der Waals surface area contributed by atoms with Gasteiger partial charge in [0.2, 0.25) is 0 Å². The molecule has 4 heterocycles. The molecule has 2 atom stereocenters. The molecule has 7 heteroatoms. The summed E-state index contributed by atoms with van der Waals surface area (Å²) in [7, 11) is 1.87. The summed E-state index contributed by atoms with van der Waals surface area (Å²) in [5, 5.41) is 11.9. The first-order chi connectivity index (χ1) is 13.1.